The van der Waals surface area contributed by atoms with Crippen molar-refractivity contribution in [2.45, 2.75) is 71.5 Å². The number of aliphatic carboxylic acids is 1. The number of alkyl carbamates (subject to hydrolysis) is 1. The first-order valence-electron chi connectivity index (χ1n) is 13.0. The van der Waals surface area contributed by atoms with Crippen LogP contribution in [0, 0.1) is 22.0 Å². The zero-order valence-electron chi connectivity index (χ0n) is 23.8. The van der Waals surface area contributed by atoms with Crippen molar-refractivity contribution in [3.63, 3.8) is 0 Å². The number of carbonyl (C=O) groups excluding carboxylic acids is 2. The number of carboxylic acids is 1. The fourth-order valence-corrected chi connectivity index (χ4v) is 7.69. The molecule has 0 spiro atoms. The van der Waals surface area contributed by atoms with Crippen molar-refractivity contribution in [2.24, 2.45) is 11.8 Å². The highest BCUT2D eigenvalue weighted by molar-refractivity contribution is 7.95. The number of nitrogens with zero attached hydrogens (tertiary/aromatic N) is 2. The van der Waals surface area contributed by atoms with Crippen LogP contribution in [0.4, 0.5) is 10.5 Å². The van der Waals surface area contributed by atoms with Crippen molar-refractivity contribution < 1.29 is 38.1 Å². The molecule has 1 unspecified atom stereocenters. The number of nitro benzene ring substituents is 1. The van der Waals surface area contributed by atoms with Crippen molar-refractivity contribution in [1.29, 1.82) is 0 Å². The number of β-lactam (4-membered cyclic amide) rings is 1. The summed E-state index contributed by atoms with van der Waals surface area (Å²) in [5.41, 5.74) is 0.218. The van der Waals surface area contributed by atoms with Gasteiger partial charge in [0, 0.05) is 18.1 Å². The lowest BCUT2D eigenvalue weighted by Gasteiger charge is -2.49. The van der Waals surface area contributed by atoms with Gasteiger partial charge in [-0.15, -0.1) is 0 Å². The number of ether oxygens (including phenoxy) is 1. The van der Waals surface area contributed by atoms with Crippen molar-refractivity contribution >= 4 is 43.2 Å². The summed E-state index contributed by atoms with van der Waals surface area (Å²) in [6.07, 6.45) is -1.20. The van der Waals surface area contributed by atoms with Crippen LogP contribution in [0.1, 0.15) is 40.2 Å². The average molecular weight is 596 g/mol. The number of benzene rings is 1. The number of hydrogen-bond donors (Lipinski definition) is 2. The van der Waals surface area contributed by atoms with E-state index in [2.05, 4.69) is 39.2 Å². The van der Waals surface area contributed by atoms with Gasteiger partial charge in [-0.3, -0.25) is 19.8 Å². The summed E-state index contributed by atoms with van der Waals surface area (Å²) in [5.74, 6) is -2.74. The molecule has 14 heteroatoms. The summed E-state index contributed by atoms with van der Waals surface area (Å²) in [4.78, 5) is 49.0. The zero-order valence-corrected chi connectivity index (χ0v) is 25.6. The molecule has 0 aliphatic carbocycles. The molecule has 220 valence electrons. The third-order valence-corrected chi connectivity index (χ3v) is 14.1. The Labute approximate surface area is 237 Å². The summed E-state index contributed by atoms with van der Waals surface area (Å²) < 4.78 is 24.8. The van der Waals surface area contributed by atoms with Crippen LogP contribution in [0.2, 0.25) is 18.1 Å². The predicted octanol–water partition coefficient (Wildman–Crippen LogP) is 3.75. The van der Waals surface area contributed by atoms with Gasteiger partial charge in [-0.25, -0.2) is 9.59 Å². The van der Waals surface area contributed by atoms with Gasteiger partial charge in [0.05, 0.1) is 29.5 Å². The predicted molar refractivity (Wildman–Crippen MR) is 150 cm³/mol. The molecule has 2 aliphatic rings. The molecule has 40 heavy (non-hydrogen) atoms. The molecule has 12 nitrogen and oxygen atoms in total. The number of fused-ring (bicyclic) bond motifs is 1. The summed E-state index contributed by atoms with van der Waals surface area (Å²) in [5, 5.41) is 23.1. The van der Waals surface area contributed by atoms with Gasteiger partial charge in [0.25, 0.3) is 5.69 Å². The summed E-state index contributed by atoms with van der Waals surface area (Å²) in [6.45, 7) is 13.9. The maximum atomic E-state index is 13.3. The Balaban J connectivity index is 1.60. The van der Waals surface area contributed by atoms with Crippen LogP contribution < -0.4 is 5.32 Å². The Bertz CT molecular complexity index is 1200. The zero-order chi connectivity index (χ0) is 30.2. The van der Waals surface area contributed by atoms with Gasteiger partial charge in [-0.1, -0.05) is 27.7 Å². The monoisotopic (exact) mass is 595 g/mol. The Morgan fingerprint density at radius 1 is 1.25 bits per heavy atom. The second-order valence-corrected chi connectivity index (χ2v) is 17.9. The lowest BCUT2D eigenvalue weighted by atomic mass is 9.79. The highest BCUT2D eigenvalue weighted by Crippen LogP contribution is 2.50. The molecule has 1 aromatic carbocycles. The molecule has 1 aromatic rings. The van der Waals surface area contributed by atoms with Gasteiger partial charge in [-0.05, 0) is 53.9 Å². The maximum absolute atomic E-state index is 13.3. The lowest BCUT2D eigenvalue weighted by molar-refractivity contribution is -0.384. The maximum Gasteiger partial charge on any atom is 0.407 e. The number of hydrogen-bond acceptors (Lipinski definition) is 8. The average Bonchev–Trinajstić information content (AvgIpc) is 3.10. The van der Waals surface area contributed by atoms with E-state index < -0.39 is 60.5 Å². The SMILES string of the molecule is C[C@@H](O[Si](C)(C)C(C)(C)C)[C@H]1C(=O)N2C(C(=O)O)=C([S+]([O-])CCNC(=O)OCc3ccc([N+](=O)[O-])cc3)[C@H](C)[C@H]12. The molecular weight excluding hydrogens is 558 g/mol. The Morgan fingerprint density at radius 2 is 1.85 bits per heavy atom. The number of rotatable bonds is 11. The van der Waals surface area contributed by atoms with Crippen molar-refractivity contribution in [3.8, 4) is 0 Å². The number of non-ortho nitro benzene ring substituents is 1. The van der Waals surface area contributed by atoms with E-state index in [-0.39, 0.29) is 46.1 Å². The largest absolute Gasteiger partial charge is 0.612 e. The van der Waals surface area contributed by atoms with E-state index in [1.807, 2.05) is 6.92 Å². The summed E-state index contributed by atoms with van der Waals surface area (Å²) in [6, 6.07) is 5.08. The molecule has 0 saturated carbocycles. The second kappa shape index (κ2) is 11.9. The van der Waals surface area contributed by atoms with Crippen molar-refractivity contribution in [3.05, 3.63) is 50.5 Å². The van der Waals surface area contributed by atoms with E-state index >= 15 is 0 Å². The minimum absolute atomic E-state index is 0.0538. The van der Waals surface area contributed by atoms with Gasteiger partial charge in [0.2, 0.25) is 5.91 Å². The quantitative estimate of drug-likeness (QED) is 0.127. The van der Waals surface area contributed by atoms with E-state index in [1.54, 1.807) is 6.92 Å². The van der Waals surface area contributed by atoms with Gasteiger partial charge in [0.15, 0.2) is 18.9 Å². The second-order valence-electron chi connectivity index (χ2n) is 11.6. The van der Waals surface area contributed by atoms with Crippen LogP contribution in [0.5, 0.6) is 0 Å². The van der Waals surface area contributed by atoms with Crippen LogP contribution in [0.3, 0.4) is 0 Å². The van der Waals surface area contributed by atoms with Gasteiger partial charge in [-0.2, -0.15) is 0 Å². The summed E-state index contributed by atoms with van der Waals surface area (Å²) >= 11 is -1.78. The fourth-order valence-electron chi connectivity index (χ4n) is 4.80. The van der Waals surface area contributed by atoms with Crippen molar-refractivity contribution in [1.82, 2.24) is 10.2 Å². The molecule has 3 rings (SSSR count). The highest BCUT2D eigenvalue weighted by atomic mass is 32.2. The molecule has 1 fully saturated rings. The first-order valence-corrected chi connectivity index (χ1v) is 17.2. The van der Waals surface area contributed by atoms with Crippen LogP contribution in [0.15, 0.2) is 34.9 Å². The molecule has 0 bridgehead atoms. The van der Waals surface area contributed by atoms with Crippen LogP contribution in [-0.4, -0.2) is 70.2 Å². The fraction of sp³-hybridized carbons (Fsp3) is 0.577. The third kappa shape index (κ3) is 6.34. The van der Waals surface area contributed by atoms with Crippen LogP contribution in [-0.2, 0) is 36.5 Å². The smallest absolute Gasteiger partial charge is 0.407 e. The molecule has 1 saturated heterocycles. The molecule has 0 radical (unpaired) electrons. The van der Waals surface area contributed by atoms with E-state index in [1.165, 1.54) is 29.2 Å². The molecule has 2 aliphatic heterocycles. The van der Waals surface area contributed by atoms with E-state index in [9.17, 15) is 34.2 Å². The van der Waals surface area contributed by atoms with E-state index in [4.69, 9.17) is 9.16 Å². The topological polar surface area (TPSA) is 171 Å². The molecular formula is C26H37N3O9SSi. The molecule has 0 aromatic heterocycles. The minimum atomic E-state index is -2.19. The molecule has 2 N–H and O–H groups in total. The van der Waals surface area contributed by atoms with E-state index in [0.717, 1.165) is 0 Å². The first-order chi connectivity index (χ1) is 18.5. The standard InChI is InChI=1S/C26H37N3O9SSi/c1-15-20-19(16(2)38-40(6,7)26(3,4)5)23(30)28(20)21(24(31)32)22(15)39(36)13-12-27-25(33)37-14-17-8-10-18(11-9-17)29(34)35/h8-11,15-16,19-20H,12-14H2,1-7H3,(H,27,33)(H,31,32)/t15-,16-,19-,20-,39?/m1/s1. The third-order valence-electron chi connectivity index (χ3n) is 7.90. The van der Waals surface area contributed by atoms with Gasteiger partial charge in [0.1, 0.15) is 12.4 Å². The van der Waals surface area contributed by atoms with Crippen molar-refractivity contribution in [2.75, 3.05) is 12.3 Å². The van der Waals surface area contributed by atoms with Crippen LogP contribution >= 0.6 is 0 Å². The number of carbonyl (C=O) groups is 3. The number of nitro groups is 1. The normalized spacial score (nSPS) is 22.4. The lowest BCUT2D eigenvalue weighted by Crippen LogP contribution is -2.65. The van der Waals surface area contributed by atoms with Gasteiger partial charge >= 0.3 is 12.1 Å². The van der Waals surface area contributed by atoms with E-state index in [0.29, 0.717) is 5.56 Å². The number of nitrogens with one attached hydrogen (secondary N) is 1. The van der Waals surface area contributed by atoms with Crippen LogP contribution in [0.25, 0.3) is 0 Å². The molecule has 2 heterocycles. The Hall–Kier alpha value is -2.94. The Morgan fingerprint density at radius 3 is 2.38 bits per heavy atom. The molecule has 5 atom stereocenters. The minimum Gasteiger partial charge on any atom is -0.612 e. The first kappa shape index (κ1) is 31.6. The molecule has 2 amide bonds. The Kier molecular flexibility index (Phi) is 9.39. The summed E-state index contributed by atoms with van der Waals surface area (Å²) in [7, 11) is -2.19. The highest BCUT2D eigenvalue weighted by Gasteiger charge is 2.63. The van der Waals surface area contributed by atoms with Gasteiger partial charge < -0.3 is 24.1 Å². The number of amides is 2. The number of carboxylic acid groups (broad SMARTS) is 1.